The minimum absolute atomic E-state index is 0. The molecule has 0 aromatic carbocycles. The van der Waals surface area contributed by atoms with E-state index < -0.39 is 0 Å². The highest BCUT2D eigenvalue weighted by molar-refractivity contribution is 14.0. The third-order valence-corrected chi connectivity index (χ3v) is 3.18. The first-order valence-electron chi connectivity index (χ1n) is 5.97. The average Bonchev–Trinajstić information content (AvgIpc) is 2.98. The molecule has 2 fully saturated rings. The van der Waals surface area contributed by atoms with E-state index in [0.717, 1.165) is 38.2 Å². The lowest BCUT2D eigenvalue weighted by Gasteiger charge is -2.27. The van der Waals surface area contributed by atoms with Crippen molar-refractivity contribution in [1.29, 1.82) is 0 Å². The molecule has 1 saturated carbocycles. The molecule has 2 N–H and O–H groups in total. The van der Waals surface area contributed by atoms with Gasteiger partial charge in [-0.2, -0.15) is 0 Å². The van der Waals surface area contributed by atoms with E-state index in [9.17, 15) is 0 Å². The van der Waals surface area contributed by atoms with E-state index in [1.165, 1.54) is 19.3 Å². The molecule has 0 aromatic heterocycles. The van der Waals surface area contributed by atoms with Crippen molar-refractivity contribution < 1.29 is 4.74 Å². The Hall–Kier alpha value is -0.0400. The van der Waals surface area contributed by atoms with Gasteiger partial charge in [0, 0.05) is 13.1 Å². The van der Waals surface area contributed by atoms with Crippen LogP contribution in [0.15, 0.2) is 4.99 Å². The Balaban J connectivity index is 0.00000128. The van der Waals surface area contributed by atoms with Crippen molar-refractivity contribution in [3.05, 3.63) is 0 Å². The molecule has 2 atom stereocenters. The molecule has 1 aliphatic carbocycles. The van der Waals surface area contributed by atoms with Gasteiger partial charge < -0.3 is 15.4 Å². The van der Waals surface area contributed by atoms with E-state index in [2.05, 4.69) is 16.8 Å². The number of hydrogen-bond donors (Lipinski definition) is 1. The molecule has 0 aromatic rings. The van der Waals surface area contributed by atoms with Crippen LogP contribution in [0.2, 0.25) is 0 Å². The van der Waals surface area contributed by atoms with Crippen molar-refractivity contribution in [3.8, 4) is 0 Å². The molecule has 4 nitrogen and oxygen atoms in total. The van der Waals surface area contributed by atoms with Crippen molar-refractivity contribution in [1.82, 2.24) is 4.90 Å². The third-order valence-electron chi connectivity index (χ3n) is 3.18. The van der Waals surface area contributed by atoms with Gasteiger partial charge in [0.2, 0.25) is 0 Å². The number of morpholine rings is 1. The van der Waals surface area contributed by atoms with E-state index in [-0.39, 0.29) is 24.0 Å². The number of guanidine groups is 1. The summed E-state index contributed by atoms with van der Waals surface area (Å²) in [5.41, 5.74) is 5.97. The maximum Gasteiger partial charge on any atom is 0.191 e. The molecule has 2 rings (SSSR count). The van der Waals surface area contributed by atoms with Crippen molar-refractivity contribution in [2.45, 2.75) is 32.2 Å². The lowest BCUT2D eigenvalue weighted by atomic mass is 10.2. The quantitative estimate of drug-likeness (QED) is 0.481. The van der Waals surface area contributed by atoms with E-state index >= 15 is 0 Å². The summed E-state index contributed by atoms with van der Waals surface area (Å²) >= 11 is 0. The zero-order valence-corrected chi connectivity index (χ0v) is 12.2. The third kappa shape index (κ3) is 3.76. The second-order valence-corrected chi connectivity index (χ2v) is 4.44. The second-order valence-electron chi connectivity index (χ2n) is 4.44. The first kappa shape index (κ1) is 14.0. The number of aliphatic imine (C=N–C) groups is 1. The molecular formula is C11H22IN3O. The predicted octanol–water partition coefficient (Wildman–Crippen LogP) is 1.44. The molecule has 5 heteroatoms. The number of halogens is 1. The summed E-state index contributed by atoms with van der Waals surface area (Å²) in [6.45, 7) is 5.56. The molecule has 0 spiro atoms. The van der Waals surface area contributed by atoms with Gasteiger partial charge in [0.1, 0.15) is 0 Å². The van der Waals surface area contributed by atoms with Crippen LogP contribution in [0.3, 0.4) is 0 Å². The Morgan fingerprint density at radius 3 is 2.75 bits per heavy atom. The first-order chi connectivity index (χ1) is 7.31. The molecule has 0 amide bonds. The summed E-state index contributed by atoms with van der Waals surface area (Å²) < 4.78 is 5.28. The highest BCUT2D eigenvalue weighted by Gasteiger charge is 2.36. The van der Waals surface area contributed by atoms with Crippen molar-refractivity contribution >= 4 is 29.9 Å². The van der Waals surface area contributed by atoms with Gasteiger partial charge in [-0.1, -0.05) is 13.3 Å². The summed E-state index contributed by atoms with van der Waals surface area (Å²) in [5, 5.41) is 0. The normalized spacial score (nSPS) is 29.8. The van der Waals surface area contributed by atoms with Gasteiger partial charge in [-0.15, -0.1) is 24.0 Å². The first-order valence-corrected chi connectivity index (χ1v) is 5.97. The van der Waals surface area contributed by atoms with Crippen molar-refractivity contribution in [2.24, 2.45) is 16.6 Å². The molecule has 1 saturated heterocycles. The standard InChI is InChI=1S/C11H21N3O.HI/c1-2-3-9-8-10(9)13-11(12)14-4-6-15-7-5-14;/h9-10H,2-8H2,1H3,(H2,12,13);1H. The minimum Gasteiger partial charge on any atom is -0.378 e. The van der Waals surface area contributed by atoms with Crippen LogP contribution in [0, 0.1) is 5.92 Å². The van der Waals surface area contributed by atoms with Crippen LogP contribution in [-0.2, 0) is 4.74 Å². The Morgan fingerprint density at radius 2 is 2.12 bits per heavy atom. The largest absolute Gasteiger partial charge is 0.378 e. The number of nitrogens with two attached hydrogens (primary N) is 1. The summed E-state index contributed by atoms with van der Waals surface area (Å²) in [5.74, 6) is 1.52. The van der Waals surface area contributed by atoms with Crippen LogP contribution in [0.1, 0.15) is 26.2 Å². The lowest BCUT2D eigenvalue weighted by Crippen LogP contribution is -2.45. The molecule has 0 bridgehead atoms. The molecule has 0 radical (unpaired) electrons. The summed E-state index contributed by atoms with van der Waals surface area (Å²) in [6, 6.07) is 0.507. The molecule has 16 heavy (non-hydrogen) atoms. The molecule has 94 valence electrons. The van der Waals surface area contributed by atoms with Gasteiger partial charge in [-0.05, 0) is 18.8 Å². The van der Waals surface area contributed by atoms with Gasteiger partial charge >= 0.3 is 0 Å². The highest BCUT2D eigenvalue weighted by atomic mass is 127. The lowest BCUT2D eigenvalue weighted by molar-refractivity contribution is 0.0674. The Bertz CT molecular complexity index is 241. The topological polar surface area (TPSA) is 50.8 Å². The monoisotopic (exact) mass is 339 g/mol. The second kappa shape index (κ2) is 6.64. The predicted molar refractivity (Wildman–Crippen MR) is 76.2 cm³/mol. The van der Waals surface area contributed by atoms with Crippen LogP contribution >= 0.6 is 24.0 Å². The SMILES string of the molecule is CCCC1CC1N=C(N)N1CCOCC1.I. The van der Waals surface area contributed by atoms with Gasteiger partial charge in [0.25, 0.3) is 0 Å². The van der Waals surface area contributed by atoms with E-state index in [1.54, 1.807) is 0 Å². The maximum atomic E-state index is 5.97. The fourth-order valence-electron chi connectivity index (χ4n) is 2.11. The smallest absolute Gasteiger partial charge is 0.191 e. The number of nitrogens with zero attached hydrogens (tertiary/aromatic N) is 2. The number of hydrogen-bond acceptors (Lipinski definition) is 2. The fourth-order valence-corrected chi connectivity index (χ4v) is 2.11. The number of ether oxygens (including phenoxy) is 1. The Morgan fingerprint density at radius 1 is 1.44 bits per heavy atom. The van der Waals surface area contributed by atoms with Gasteiger partial charge in [0.15, 0.2) is 5.96 Å². The molecule has 1 aliphatic heterocycles. The van der Waals surface area contributed by atoms with Gasteiger partial charge in [-0.25, -0.2) is 4.99 Å². The Kier molecular flexibility index (Phi) is 5.82. The van der Waals surface area contributed by atoms with Crippen molar-refractivity contribution in [2.75, 3.05) is 26.3 Å². The zero-order chi connectivity index (χ0) is 10.7. The zero-order valence-electron chi connectivity index (χ0n) is 9.89. The average molecular weight is 339 g/mol. The van der Waals surface area contributed by atoms with Crippen LogP contribution in [0.5, 0.6) is 0 Å². The summed E-state index contributed by atoms with van der Waals surface area (Å²) in [7, 11) is 0. The summed E-state index contributed by atoms with van der Waals surface area (Å²) in [6.07, 6.45) is 3.79. The van der Waals surface area contributed by atoms with Gasteiger partial charge in [0.05, 0.1) is 19.3 Å². The van der Waals surface area contributed by atoms with E-state index in [1.807, 2.05) is 0 Å². The fraction of sp³-hybridized carbons (Fsp3) is 0.909. The molecule has 1 heterocycles. The maximum absolute atomic E-state index is 5.97. The van der Waals surface area contributed by atoms with Crippen molar-refractivity contribution in [3.63, 3.8) is 0 Å². The Labute approximate surface area is 115 Å². The molecule has 2 unspecified atom stereocenters. The van der Waals surface area contributed by atoms with Crippen LogP contribution in [0.25, 0.3) is 0 Å². The van der Waals surface area contributed by atoms with E-state index in [4.69, 9.17) is 10.5 Å². The molecule has 2 aliphatic rings. The summed E-state index contributed by atoms with van der Waals surface area (Å²) in [4.78, 5) is 6.71. The molecular weight excluding hydrogens is 317 g/mol. The van der Waals surface area contributed by atoms with Crippen LogP contribution in [0.4, 0.5) is 0 Å². The van der Waals surface area contributed by atoms with E-state index in [0.29, 0.717) is 6.04 Å². The minimum atomic E-state index is 0. The van der Waals surface area contributed by atoms with Crippen LogP contribution < -0.4 is 5.73 Å². The number of rotatable bonds is 3. The highest BCUT2D eigenvalue weighted by Crippen LogP contribution is 2.37. The van der Waals surface area contributed by atoms with Crippen LogP contribution in [-0.4, -0.2) is 43.2 Å². The van der Waals surface area contributed by atoms with Gasteiger partial charge in [-0.3, -0.25) is 0 Å².